The van der Waals surface area contributed by atoms with Crippen LogP contribution in [0.25, 0.3) is 0 Å². The van der Waals surface area contributed by atoms with Crippen LogP contribution in [0.15, 0.2) is 18.2 Å². The van der Waals surface area contributed by atoms with E-state index >= 15 is 0 Å². The Morgan fingerprint density at radius 2 is 2.05 bits per heavy atom. The van der Waals surface area contributed by atoms with Gasteiger partial charge in [0, 0.05) is 6.61 Å². The zero-order valence-electron chi connectivity index (χ0n) is 12.3. The van der Waals surface area contributed by atoms with Crippen LogP contribution in [0.2, 0.25) is 0 Å². The quantitative estimate of drug-likeness (QED) is 0.742. The van der Waals surface area contributed by atoms with E-state index < -0.39 is 0 Å². The minimum atomic E-state index is -0.278. The van der Waals surface area contributed by atoms with Crippen LogP contribution < -0.4 is 0 Å². The fourth-order valence-corrected chi connectivity index (χ4v) is 3.47. The first kappa shape index (κ1) is 15.3. The lowest BCUT2D eigenvalue weighted by Crippen LogP contribution is -2.16. The fourth-order valence-electron chi connectivity index (χ4n) is 3.47. The molecule has 1 fully saturated rings. The minimum absolute atomic E-state index is 0.194. The van der Waals surface area contributed by atoms with Crippen molar-refractivity contribution in [3.63, 3.8) is 0 Å². The number of aliphatic hydroxyl groups is 2. The Bertz CT molecular complexity index is 428. The normalized spacial score (nSPS) is 27.2. The molecule has 0 aromatic heterocycles. The molecule has 1 unspecified atom stereocenters. The lowest BCUT2D eigenvalue weighted by molar-refractivity contribution is 0.147. The average Bonchev–Trinajstić information content (AvgIpc) is 2.58. The van der Waals surface area contributed by atoms with Crippen LogP contribution in [0.5, 0.6) is 5.75 Å². The van der Waals surface area contributed by atoms with Gasteiger partial charge in [-0.3, -0.25) is 0 Å². The maximum atomic E-state index is 10.2. The number of phenolic OH excluding ortho intramolecular Hbond substituents is 1. The summed E-state index contributed by atoms with van der Waals surface area (Å²) in [5, 5.41) is 29.4. The molecule has 20 heavy (non-hydrogen) atoms. The van der Waals surface area contributed by atoms with E-state index in [0.717, 1.165) is 43.2 Å². The summed E-state index contributed by atoms with van der Waals surface area (Å²) in [5.74, 6) is 0.977. The van der Waals surface area contributed by atoms with Gasteiger partial charge < -0.3 is 15.3 Å². The van der Waals surface area contributed by atoms with E-state index in [0.29, 0.717) is 18.1 Å². The third kappa shape index (κ3) is 3.74. The Balaban J connectivity index is 2.25. The van der Waals surface area contributed by atoms with Crippen LogP contribution in [0.4, 0.5) is 0 Å². The van der Waals surface area contributed by atoms with Crippen molar-refractivity contribution in [1.82, 2.24) is 0 Å². The molecule has 0 amide bonds. The first-order valence-electron chi connectivity index (χ1n) is 7.70. The van der Waals surface area contributed by atoms with E-state index in [1.807, 2.05) is 19.1 Å². The molecule has 3 heteroatoms. The third-order valence-corrected chi connectivity index (χ3v) is 4.53. The van der Waals surface area contributed by atoms with Crippen molar-refractivity contribution >= 4 is 0 Å². The number of phenols is 1. The molecule has 3 nitrogen and oxygen atoms in total. The monoisotopic (exact) mass is 278 g/mol. The van der Waals surface area contributed by atoms with Gasteiger partial charge in [-0.25, -0.2) is 0 Å². The van der Waals surface area contributed by atoms with Gasteiger partial charge in [-0.05, 0) is 68.1 Å². The summed E-state index contributed by atoms with van der Waals surface area (Å²) < 4.78 is 0. The highest BCUT2D eigenvalue weighted by Gasteiger charge is 2.29. The zero-order chi connectivity index (χ0) is 14.5. The summed E-state index contributed by atoms with van der Waals surface area (Å²) in [7, 11) is 0. The number of hydrogen-bond donors (Lipinski definition) is 3. The molecule has 1 aliphatic carbocycles. The maximum absolute atomic E-state index is 10.2. The highest BCUT2D eigenvalue weighted by Crippen LogP contribution is 2.42. The van der Waals surface area contributed by atoms with Gasteiger partial charge in [0.2, 0.25) is 0 Å². The molecule has 1 aromatic rings. The molecule has 0 spiro atoms. The van der Waals surface area contributed by atoms with Crippen LogP contribution in [-0.4, -0.2) is 28.0 Å². The summed E-state index contributed by atoms with van der Waals surface area (Å²) in [6, 6.07) is 5.82. The standard InChI is InChI=1S/C17H26O3/c1-12-7-8-15(17(20)10-12)16-11-14(19)6-2-4-13(16)5-3-9-18/h7-8,10,13-14,16,18-20H,2-6,9,11H2,1H3/t13?,14-,16-/m1/s1. The lowest BCUT2D eigenvalue weighted by Gasteiger charge is -2.27. The molecule has 0 aliphatic heterocycles. The number of aliphatic hydroxyl groups excluding tert-OH is 2. The predicted octanol–water partition coefficient (Wildman–Crippen LogP) is 3.11. The zero-order valence-corrected chi connectivity index (χ0v) is 12.3. The van der Waals surface area contributed by atoms with Crippen molar-refractivity contribution in [3.05, 3.63) is 29.3 Å². The Morgan fingerprint density at radius 3 is 2.75 bits per heavy atom. The molecular weight excluding hydrogens is 252 g/mol. The lowest BCUT2D eigenvalue weighted by atomic mass is 9.79. The Morgan fingerprint density at radius 1 is 1.25 bits per heavy atom. The van der Waals surface area contributed by atoms with Gasteiger partial charge in [0.1, 0.15) is 5.75 Å². The molecule has 2 rings (SSSR count). The van der Waals surface area contributed by atoms with Crippen LogP contribution in [0, 0.1) is 12.8 Å². The topological polar surface area (TPSA) is 60.7 Å². The highest BCUT2D eigenvalue weighted by molar-refractivity contribution is 5.39. The molecule has 3 atom stereocenters. The SMILES string of the molecule is Cc1ccc([C@@H]2C[C@H](O)CCCC2CCCO)c(O)c1. The second kappa shape index (κ2) is 7.09. The van der Waals surface area contributed by atoms with Gasteiger partial charge in [0.05, 0.1) is 6.10 Å². The number of hydrogen-bond acceptors (Lipinski definition) is 3. The smallest absolute Gasteiger partial charge is 0.119 e. The second-order valence-corrected chi connectivity index (χ2v) is 6.12. The minimum Gasteiger partial charge on any atom is -0.508 e. The van der Waals surface area contributed by atoms with E-state index in [4.69, 9.17) is 5.11 Å². The molecule has 0 bridgehead atoms. The summed E-state index contributed by atoms with van der Waals surface area (Å²) in [6.45, 7) is 2.18. The molecule has 1 aromatic carbocycles. The van der Waals surface area contributed by atoms with E-state index in [1.165, 1.54) is 0 Å². The largest absolute Gasteiger partial charge is 0.508 e. The van der Waals surface area contributed by atoms with Crippen molar-refractivity contribution in [2.75, 3.05) is 6.61 Å². The summed E-state index contributed by atoms with van der Waals surface area (Å²) in [5.41, 5.74) is 2.01. The molecule has 0 saturated heterocycles. The Hall–Kier alpha value is -1.06. The molecule has 3 N–H and O–H groups in total. The van der Waals surface area contributed by atoms with Gasteiger partial charge in [-0.2, -0.15) is 0 Å². The van der Waals surface area contributed by atoms with E-state index in [-0.39, 0.29) is 18.6 Å². The molecular formula is C17H26O3. The van der Waals surface area contributed by atoms with Crippen LogP contribution in [0.1, 0.15) is 55.6 Å². The van der Waals surface area contributed by atoms with Crippen LogP contribution >= 0.6 is 0 Å². The number of aromatic hydroxyl groups is 1. The molecule has 0 heterocycles. The summed E-state index contributed by atoms with van der Waals surface area (Å²) in [6.07, 6.45) is 5.13. The van der Waals surface area contributed by atoms with Crippen LogP contribution in [0.3, 0.4) is 0 Å². The first-order valence-corrected chi connectivity index (χ1v) is 7.70. The van der Waals surface area contributed by atoms with E-state index in [1.54, 1.807) is 6.07 Å². The van der Waals surface area contributed by atoms with Gasteiger partial charge in [-0.15, -0.1) is 0 Å². The maximum Gasteiger partial charge on any atom is 0.119 e. The number of rotatable bonds is 4. The Kier molecular flexibility index (Phi) is 5.44. The number of benzene rings is 1. The Labute approximate surface area is 121 Å². The molecule has 0 radical (unpaired) electrons. The van der Waals surface area contributed by atoms with Gasteiger partial charge >= 0.3 is 0 Å². The first-order chi connectivity index (χ1) is 9.61. The van der Waals surface area contributed by atoms with Gasteiger partial charge in [0.25, 0.3) is 0 Å². The number of aryl methyl sites for hydroxylation is 1. The molecule has 112 valence electrons. The van der Waals surface area contributed by atoms with Crippen molar-refractivity contribution in [2.24, 2.45) is 5.92 Å². The van der Waals surface area contributed by atoms with Crippen molar-refractivity contribution < 1.29 is 15.3 Å². The van der Waals surface area contributed by atoms with E-state index in [9.17, 15) is 10.2 Å². The predicted molar refractivity (Wildman–Crippen MR) is 79.9 cm³/mol. The van der Waals surface area contributed by atoms with Gasteiger partial charge in [-0.1, -0.05) is 18.6 Å². The van der Waals surface area contributed by atoms with Gasteiger partial charge in [0.15, 0.2) is 0 Å². The highest BCUT2D eigenvalue weighted by atomic mass is 16.3. The van der Waals surface area contributed by atoms with Crippen LogP contribution in [-0.2, 0) is 0 Å². The average molecular weight is 278 g/mol. The van der Waals surface area contributed by atoms with Crippen molar-refractivity contribution in [1.29, 1.82) is 0 Å². The van der Waals surface area contributed by atoms with E-state index in [2.05, 4.69) is 0 Å². The van der Waals surface area contributed by atoms with Crippen molar-refractivity contribution in [2.45, 2.75) is 57.5 Å². The molecule has 1 saturated carbocycles. The fraction of sp³-hybridized carbons (Fsp3) is 0.647. The molecule has 1 aliphatic rings. The van der Waals surface area contributed by atoms with Crippen molar-refractivity contribution in [3.8, 4) is 5.75 Å². The second-order valence-electron chi connectivity index (χ2n) is 6.12. The third-order valence-electron chi connectivity index (χ3n) is 4.53. The summed E-state index contributed by atoms with van der Waals surface area (Å²) >= 11 is 0. The summed E-state index contributed by atoms with van der Waals surface area (Å²) in [4.78, 5) is 0.